The molecule has 1 rings (SSSR count). The maximum Gasteiger partial charge on any atom is 0.208 e. The van der Waals surface area contributed by atoms with Crippen molar-refractivity contribution < 1.29 is 8.42 Å². The molecule has 1 unspecified atom stereocenters. The van der Waals surface area contributed by atoms with Crippen LogP contribution in [0, 0.1) is 0 Å². The van der Waals surface area contributed by atoms with Crippen LogP contribution in [0.5, 0.6) is 0 Å². The molecule has 0 aliphatic heterocycles. The van der Waals surface area contributed by atoms with Crippen molar-refractivity contribution >= 4 is 26.0 Å². The van der Waals surface area contributed by atoms with Gasteiger partial charge in [-0.3, -0.25) is 0 Å². The molecule has 0 aromatic heterocycles. The Labute approximate surface area is 117 Å². The van der Waals surface area contributed by atoms with E-state index in [1.165, 1.54) is 11.8 Å². The SMILES string of the molecule is CC(NCCCNS(C)(=O)=O)c1ccc(Br)cc1. The first-order valence-corrected chi connectivity index (χ1v) is 8.50. The van der Waals surface area contributed by atoms with E-state index < -0.39 is 10.0 Å². The largest absolute Gasteiger partial charge is 0.310 e. The third kappa shape index (κ3) is 6.49. The molecule has 0 aliphatic carbocycles. The fourth-order valence-electron chi connectivity index (χ4n) is 1.53. The van der Waals surface area contributed by atoms with Gasteiger partial charge in [0.2, 0.25) is 10.0 Å². The molecule has 102 valence electrons. The standard InChI is InChI=1S/C12H19BrN2O2S/c1-10(11-4-6-12(13)7-5-11)14-8-3-9-15-18(2,16)17/h4-7,10,14-15H,3,8-9H2,1-2H3. The highest BCUT2D eigenvalue weighted by molar-refractivity contribution is 9.10. The molecule has 0 aliphatic rings. The summed E-state index contributed by atoms with van der Waals surface area (Å²) in [5.41, 5.74) is 1.22. The average Bonchev–Trinajstić information content (AvgIpc) is 2.27. The lowest BCUT2D eigenvalue weighted by molar-refractivity contribution is 0.548. The van der Waals surface area contributed by atoms with Gasteiger partial charge in [0.15, 0.2) is 0 Å². The minimum absolute atomic E-state index is 0.260. The monoisotopic (exact) mass is 334 g/mol. The molecule has 1 atom stereocenters. The van der Waals surface area contributed by atoms with Crippen LogP contribution >= 0.6 is 15.9 Å². The lowest BCUT2D eigenvalue weighted by Gasteiger charge is -2.14. The molecule has 18 heavy (non-hydrogen) atoms. The number of nitrogens with one attached hydrogen (secondary N) is 2. The smallest absolute Gasteiger partial charge is 0.208 e. The summed E-state index contributed by atoms with van der Waals surface area (Å²) in [5.74, 6) is 0. The molecule has 0 amide bonds. The van der Waals surface area contributed by atoms with Crippen molar-refractivity contribution in [1.29, 1.82) is 0 Å². The van der Waals surface area contributed by atoms with E-state index in [1.54, 1.807) is 0 Å². The number of halogens is 1. The van der Waals surface area contributed by atoms with Crippen LogP contribution in [0.3, 0.4) is 0 Å². The Bertz CT molecular complexity index is 459. The molecular weight excluding hydrogens is 316 g/mol. The summed E-state index contributed by atoms with van der Waals surface area (Å²) >= 11 is 3.40. The Morgan fingerprint density at radius 1 is 1.22 bits per heavy atom. The van der Waals surface area contributed by atoms with Crippen LogP contribution in [0.25, 0.3) is 0 Å². The zero-order valence-corrected chi connectivity index (χ0v) is 13.0. The van der Waals surface area contributed by atoms with Crippen molar-refractivity contribution in [2.75, 3.05) is 19.3 Å². The number of hydrogen-bond donors (Lipinski definition) is 2. The lowest BCUT2D eigenvalue weighted by Crippen LogP contribution is -2.27. The van der Waals surface area contributed by atoms with Gasteiger partial charge in [-0.05, 0) is 37.6 Å². The summed E-state index contributed by atoms with van der Waals surface area (Å²) in [4.78, 5) is 0. The molecule has 1 aromatic carbocycles. The summed E-state index contributed by atoms with van der Waals surface area (Å²) in [6, 6.07) is 8.42. The van der Waals surface area contributed by atoms with Crippen LogP contribution in [0.1, 0.15) is 24.9 Å². The van der Waals surface area contributed by atoms with Gasteiger partial charge in [0, 0.05) is 17.1 Å². The predicted molar refractivity (Wildman–Crippen MR) is 78.0 cm³/mol. The predicted octanol–water partition coefficient (Wildman–Crippen LogP) is 2.04. The molecule has 1 aromatic rings. The molecule has 0 radical (unpaired) electrons. The van der Waals surface area contributed by atoms with Gasteiger partial charge in [0.25, 0.3) is 0 Å². The van der Waals surface area contributed by atoms with Gasteiger partial charge in [0.1, 0.15) is 0 Å². The molecule has 2 N–H and O–H groups in total. The Balaban J connectivity index is 2.25. The second kappa shape index (κ2) is 7.23. The minimum atomic E-state index is -3.06. The van der Waals surface area contributed by atoms with E-state index in [9.17, 15) is 8.42 Å². The van der Waals surface area contributed by atoms with Crippen molar-refractivity contribution in [2.24, 2.45) is 0 Å². The van der Waals surface area contributed by atoms with Crippen molar-refractivity contribution in [1.82, 2.24) is 10.0 Å². The third-order valence-corrected chi connectivity index (χ3v) is 3.80. The molecule has 0 heterocycles. The van der Waals surface area contributed by atoms with E-state index in [2.05, 4.69) is 45.0 Å². The lowest BCUT2D eigenvalue weighted by atomic mass is 10.1. The molecule has 4 nitrogen and oxygen atoms in total. The second-order valence-corrected chi connectivity index (χ2v) is 7.00. The highest BCUT2D eigenvalue weighted by atomic mass is 79.9. The second-order valence-electron chi connectivity index (χ2n) is 4.25. The number of benzene rings is 1. The van der Waals surface area contributed by atoms with Crippen LogP contribution in [0.2, 0.25) is 0 Å². The quantitative estimate of drug-likeness (QED) is 0.750. The van der Waals surface area contributed by atoms with Crippen molar-refractivity contribution in [2.45, 2.75) is 19.4 Å². The summed E-state index contributed by atoms with van der Waals surface area (Å²) in [6.07, 6.45) is 1.94. The summed E-state index contributed by atoms with van der Waals surface area (Å²) in [7, 11) is -3.06. The Morgan fingerprint density at radius 2 is 1.83 bits per heavy atom. The fourth-order valence-corrected chi connectivity index (χ4v) is 2.31. The molecular formula is C12H19BrN2O2S. The van der Waals surface area contributed by atoms with E-state index >= 15 is 0 Å². The first-order valence-electron chi connectivity index (χ1n) is 5.82. The maximum atomic E-state index is 10.8. The Morgan fingerprint density at radius 3 is 2.39 bits per heavy atom. The number of hydrogen-bond acceptors (Lipinski definition) is 3. The van der Waals surface area contributed by atoms with Crippen molar-refractivity contribution in [3.63, 3.8) is 0 Å². The highest BCUT2D eigenvalue weighted by Crippen LogP contribution is 2.16. The van der Waals surface area contributed by atoms with E-state index in [1.807, 2.05) is 12.1 Å². The van der Waals surface area contributed by atoms with Gasteiger partial charge in [-0.1, -0.05) is 28.1 Å². The van der Waals surface area contributed by atoms with Crippen LogP contribution in [-0.2, 0) is 10.0 Å². The van der Waals surface area contributed by atoms with Crippen molar-refractivity contribution in [3.05, 3.63) is 34.3 Å². The van der Waals surface area contributed by atoms with Gasteiger partial charge in [0.05, 0.1) is 6.26 Å². The Hall–Kier alpha value is -0.430. The summed E-state index contributed by atoms with van der Waals surface area (Å²) in [5, 5.41) is 3.35. The Kier molecular flexibility index (Phi) is 6.28. The first kappa shape index (κ1) is 15.6. The van der Waals surface area contributed by atoms with E-state index in [4.69, 9.17) is 0 Å². The van der Waals surface area contributed by atoms with Gasteiger partial charge in [-0.25, -0.2) is 13.1 Å². The average molecular weight is 335 g/mol. The van der Waals surface area contributed by atoms with E-state index in [0.29, 0.717) is 6.54 Å². The van der Waals surface area contributed by atoms with Gasteiger partial charge >= 0.3 is 0 Å². The van der Waals surface area contributed by atoms with Crippen LogP contribution in [0.4, 0.5) is 0 Å². The van der Waals surface area contributed by atoms with Gasteiger partial charge < -0.3 is 5.32 Å². The molecule has 0 saturated heterocycles. The zero-order chi connectivity index (χ0) is 13.6. The summed E-state index contributed by atoms with van der Waals surface area (Å²) in [6.45, 7) is 3.34. The zero-order valence-electron chi connectivity index (χ0n) is 10.6. The van der Waals surface area contributed by atoms with Crippen molar-refractivity contribution in [3.8, 4) is 0 Å². The number of sulfonamides is 1. The maximum absolute atomic E-state index is 10.8. The normalized spacial score (nSPS) is 13.5. The van der Waals surface area contributed by atoms with Gasteiger partial charge in [-0.2, -0.15) is 0 Å². The van der Waals surface area contributed by atoms with E-state index in [-0.39, 0.29) is 6.04 Å². The number of rotatable bonds is 7. The first-order chi connectivity index (χ1) is 8.38. The van der Waals surface area contributed by atoms with Gasteiger partial charge in [-0.15, -0.1) is 0 Å². The molecule has 0 saturated carbocycles. The third-order valence-electron chi connectivity index (χ3n) is 2.54. The molecule has 0 spiro atoms. The fraction of sp³-hybridized carbons (Fsp3) is 0.500. The minimum Gasteiger partial charge on any atom is -0.310 e. The van der Waals surface area contributed by atoms with Crippen LogP contribution in [0.15, 0.2) is 28.7 Å². The summed E-state index contributed by atoms with van der Waals surface area (Å²) < 4.78 is 25.2. The molecule has 0 bridgehead atoms. The molecule has 6 heteroatoms. The topological polar surface area (TPSA) is 58.2 Å². The van der Waals surface area contributed by atoms with Crippen LogP contribution in [-0.4, -0.2) is 27.8 Å². The highest BCUT2D eigenvalue weighted by Gasteiger charge is 2.04. The molecule has 0 fully saturated rings. The van der Waals surface area contributed by atoms with E-state index in [0.717, 1.165) is 17.4 Å². The van der Waals surface area contributed by atoms with Crippen LogP contribution < -0.4 is 10.0 Å².